The summed E-state index contributed by atoms with van der Waals surface area (Å²) in [5, 5.41) is 10.8. The predicted molar refractivity (Wildman–Crippen MR) is 95.2 cm³/mol. The summed E-state index contributed by atoms with van der Waals surface area (Å²) in [6.07, 6.45) is 4.27. The molecule has 3 aromatic rings. The van der Waals surface area contributed by atoms with Crippen molar-refractivity contribution < 1.29 is 4.79 Å². The van der Waals surface area contributed by atoms with Crippen LogP contribution in [0, 0.1) is 0 Å². The zero-order valence-electron chi connectivity index (χ0n) is 13.5. The van der Waals surface area contributed by atoms with Gasteiger partial charge in [-0.1, -0.05) is 24.3 Å². The molecule has 2 heterocycles. The standard InChI is InChI=1S/C19H20N4O/c24-19(17-5-3-4-15-13-21-22-18(15)17)20-12-14-6-8-16(9-7-14)23-10-1-2-11-23/h3-9,13H,1-2,10-12H2,(H,20,24)(H,21,22). The highest BCUT2D eigenvalue weighted by Gasteiger charge is 2.13. The summed E-state index contributed by atoms with van der Waals surface area (Å²) < 4.78 is 0. The first-order valence-corrected chi connectivity index (χ1v) is 8.35. The zero-order valence-corrected chi connectivity index (χ0v) is 13.5. The van der Waals surface area contributed by atoms with Gasteiger partial charge in [0.1, 0.15) is 0 Å². The van der Waals surface area contributed by atoms with Crippen molar-refractivity contribution in [2.45, 2.75) is 19.4 Å². The first-order chi connectivity index (χ1) is 11.8. The molecule has 5 heteroatoms. The number of aromatic nitrogens is 2. The van der Waals surface area contributed by atoms with E-state index in [4.69, 9.17) is 0 Å². The molecule has 122 valence electrons. The maximum absolute atomic E-state index is 12.4. The van der Waals surface area contributed by atoms with E-state index >= 15 is 0 Å². The lowest BCUT2D eigenvalue weighted by Gasteiger charge is -2.17. The number of H-pyrrole nitrogens is 1. The van der Waals surface area contributed by atoms with Crippen LogP contribution in [0.25, 0.3) is 10.9 Å². The molecular formula is C19H20N4O. The highest BCUT2D eigenvalue weighted by atomic mass is 16.1. The third-order valence-electron chi connectivity index (χ3n) is 4.58. The normalized spacial score (nSPS) is 14.2. The summed E-state index contributed by atoms with van der Waals surface area (Å²) in [6.45, 7) is 2.80. The minimum Gasteiger partial charge on any atom is -0.372 e. The molecule has 0 unspecified atom stereocenters. The number of benzene rings is 2. The second-order valence-electron chi connectivity index (χ2n) is 6.18. The van der Waals surface area contributed by atoms with E-state index in [2.05, 4.69) is 44.7 Å². The summed E-state index contributed by atoms with van der Waals surface area (Å²) >= 11 is 0. The Morgan fingerprint density at radius 1 is 1.12 bits per heavy atom. The molecule has 0 aliphatic carbocycles. The highest BCUT2D eigenvalue weighted by Crippen LogP contribution is 2.20. The first kappa shape index (κ1) is 14.8. The van der Waals surface area contributed by atoms with Crippen molar-refractivity contribution >= 4 is 22.5 Å². The Bertz CT molecular complexity index is 847. The van der Waals surface area contributed by atoms with Crippen LogP contribution in [0.3, 0.4) is 0 Å². The Balaban J connectivity index is 1.42. The molecule has 0 bridgehead atoms. The molecule has 1 aliphatic rings. The molecule has 4 rings (SSSR count). The minimum atomic E-state index is -0.0894. The number of nitrogens with zero attached hydrogens (tertiary/aromatic N) is 2. The summed E-state index contributed by atoms with van der Waals surface area (Å²) in [6, 6.07) is 14.1. The van der Waals surface area contributed by atoms with Crippen molar-refractivity contribution in [1.82, 2.24) is 15.5 Å². The van der Waals surface area contributed by atoms with E-state index in [1.807, 2.05) is 18.2 Å². The number of rotatable bonds is 4. The molecule has 0 atom stereocenters. The number of fused-ring (bicyclic) bond motifs is 1. The molecule has 1 aromatic heterocycles. The number of anilines is 1. The molecule has 1 amide bonds. The Hall–Kier alpha value is -2.82. The zero-order chi connectivity index (χ0) is 16.4. The summed E-state index contributed by atoms with van der Waals surface area (Å²) in [5.41, 5.74) is 3.77. The van der Waals surface area contributed by atoms with Gasteiger partial charge in [0.15, 0.2) is 0 Å². The Morgan fingerprint density at radius 2 is 1.92 bits per heavy atom. The first-order valence-electron chi connectivity index (χ1n) is 8.35. The van der Waals surface area contributed by atoms with E-state index in [-0.39, 0.29) is 5.91 Å². The van der Waals surface area contributed by atoms with Crippen molar-refractivity contribution in [1.29, 1.82) is 0 Å². The van der Waals surface area contributed by atoms with Crippen LogP contribution in [0.1, 0.15) is 28.8 Å². The van der Waals surface area contributed by atoms with Gasteiger partial charge in [0.05, 0.1) is 17.3 Å². The lowest BCUT2D eigenvalue weighted by atomic mass is 10.1. The molecule has 0 radical (unpaired) electrons. The SMILES string of the molecule is O=C(NCc1ccc(N2CCCC2)cc1)c1cccc2cn[nH]c12. The number of hydrogen-bond donors (Lipinski definition) is 2. The fraction of sp³-hybridized carbons (Fsp3) is 0.263. The average molecular weight is 320 g/mol. The number of hydrogen-bond acceptors (Lipinski definition) is 3. The Kier molecular flexibility index (Phi) is 3.91. The van der Waals surface area contributed by atoms with Gasteiger partial charge in [-0.2, -0.15) is 5.10 Å². The van der Waals surface area contributed by atoms with E-state index in [1.54, 1.807) is 6.20 Å². The maximum Gasteiger partial charge on any atom is 0.253 e. The van der Waals surface area contributed by atoms with Crippen LogP contribution in [-0.2, 0) is 6.54 Å². The Labute approximate surface area is 140 Å². The molecule has 1 fully saturated rings. The minimum absolute atomic E-state index is 0.0894. The second kappa shape index (κ2) is 6.35. The number of carbonyl (C=O) groups is 1. The van der Waals surface area contributed by atoms with E-state index in [1.165, 1.54) is 18.5 Å². The molecule has 1 saturated heterocycles. The van der Waals surface area contributed by atoms with Crippen LogP contribution in [0.2, 0.25) is 0 Å². The molecule has 0 spiro atoms. The molecule has 2 aromatic carbocycles. The van der Waals surface area contributed by atoms with Crippen LogP contribution in [-0.4, -0.2) is 29.2 Å². The molecular weight excluding hydrogens is 300 g/mol. The fourth-order valence-corrected chi connectivity index (χ4v) is 3.24. The lowest BCUT2D eigenvalue weighted by molar-refractivity contribution is 0.0952. The van der Waals surface area contributed by atoms with Gasteiger partial charge in [-0.25, -0.2) is 0 Å². The third kappa shape index (κ3) is 2.85. The van der Waals surface area contributed by atoms with E-state index in [0.717, 1.165) is 29.6 Å². The van der Waals surface area contributed by atoms with E-state index in [9.17, 15) is 4.79 Å². The molecule has 0 saturated carbocycles. The van der Waals surface area contributed by atoms with Crippen molar-refractivity contribution in [2.75, 3.05) is 18.0 Å². The maximum atomic E-state index is 12.4. The molecule has 5 nitrogen and oxygen atoms in total. The number of nitrogens with one attached hydrogen (secondary N) is 2. The van der Waals surface area contributed by atoms with Gasteiger partial charge < -0.3 is 10.2 Å². The fourth-order valence-electron chi connectivity index (χ4n) is 3.24. The number of para-hydroxylation sites is 1. The summed E-state index contributed by atoms with van der Waals surface area (Å²) in [4.78, 5) is 14.8. The van der Waals surface area contributed by atoms with E-state index < -0.39 is 0 Å². The van der Waals surface area contributed by atoms with Gasteiger partial charge in [-0.05, 0) is 36.6 Å². The van der Waals surface area contributed by atoms with E-state index in [0.29, 0.717) is 12.1 Å². The molecule has 2 N–H and O–H groups in total. The van der Waals surface area contributed by atoms with Crippen LogP contribution >= 0.6 is 0 Å². The monoisotopic (exact) mass is 320 g/mol. The van der Waals surface area contributed by atoms with Crippen molar-refractivity contribution in [3.8, 4) is 0 Å². The predicted octanol–water partition coefficient (Wildman–Crippen LogP) is 3.09. The summed E-state index contributed by atoms with van der Waals surface area (Å²) in [5.74, 6) is -0.0894. The number of carbonyl (C=O) groups excluding carboxylic acids is 1. The average Bonchev–Trinajstić information content (AvgIpc) is 3.31. The van der Waals surface area contributed by atoms with Gasteiger partial charge in [0.2, 0.25) is 0 Å². The quantitative estimate of drug-likeness (QED) is 0.776. The number of aromatic amines is 1. The lowest BCUT2D eigenvalue weighted by Crippen LogP contribution is -2.23. The Morgan fingerprint density at radius 3 is 2.71 bits per heavy atom. The van der Waals surface area contributed by atoms with Gasteiger partial charge in [-0.15, -0.1) is 0 Å². The van der Waals surface area contributed by atoms with Gasteiger partial charge in [-0.3, -0.25) is 9.89 Å². The second-order valence-corrected chi connectivity index (χ2v) is 6.18. The molecule has 1 aliphatic heterocycles. The van der Waals surface area contributed by atoms with Crippen molar-refractivity contribution in [3.05, 3.63) is 59.8 Å². The summed E-state index contributed by atoms with van der Waals surface area (Å²) in [7, 11) is 0. The highest BCUT2D eigenvalue weighted by molar-refractivity contribution is 6.05. The largest absolute Gasteiger partial charge is 0.372 e. The topological polar surface area (TPSA) is 61.0 Å². The smallest absolute Gasteiger partial charge is 0.253 e. The van der Waals surface area contributed by atoms with Crippen LogP contribution in [0.5, 0.6) is 0 Å². The van der Waals surface area contributed by atoms with Crippen LogP contribution < -0.4 is 10.2 Å². The van der Waals surface area contributed by atoms with Gasteiger partial charge >= 0.3 is 0 Å². The van der Waals surface area contributed by atoms with Crippen molar-refractivity contribution in [2.24, 2.45) is 0 Å². The van der Waals surface area contributed by atoms with Crippen LogP contribution in [0.15, 0.2) is 48.7 Å². The van der Waals surface area contributed by atoms with Crippen LogP contribution in [0.4, 0.5) is 5.69 Å². The number of amides is 1. The third-order valence-corrected chi connectivity index (χ3v) is 4.58. The van der Waals surface area contributed by atoms with Crippen molar-refractivity contribution in [3.63, 3.8) is 0 Å². The molecule has 24 heavy (non-hydrogen) atoms. The van der Waals surface area contributed by atoms with Gasteiger partial charge in [0.25, 0.3) is 5.91 Å². The van der Waals surface area contributed by atoms with Gasteiger partial charge in [0, 0.05) is 30.7 Å².